The van der Waals surface area contributed by atoms with E-state index in [4.69, 9.17) is 0 Å². The number of hydrogen-bond donors (Lipinski definition) is 0. The Morgan fingerprint density at radius 2 is 1.65 bits per heavy atom. The predicted molar refractivity (Wildman–Crippen MR) is 92.9 cm³/mol. The molecule has 1 atom stereocenters. The van der Waals surface area contributed by atoms with Crippen LogP contribution in [0, 0.1) is 11.7 Å². The zero-order chi connectivity index (χ0) is 14.5. The van der Waals surface area contributed by atoms with E-state index in [1.165, 1.54) is 11.6 Å². The molecule has 4 heteroatoms. The van der Waals surface area contributed by atoms with Crippen LogP contribution in [0.1, 0.15) is 11.1 Å². The minimum Gasteiger partial charge on any atom is -0.207 e. The molecule has 0 N–H and O–H groups in total. The van der Waals surface area contributed by atoms with Gasteiger partial charge in [-0.05, 0) is 54.2 Å². The first kappa shape index (κ1) is 16.2. The first-order valence-corrected chi connectivity index (χ1v) is 9.04. The van der Waals surface area contributed by atoms with E-state index in [1.807, 2.05) is 24.3 Å². The predicted octanol–water partition coefficient (Wildman–Crippen LogP) is 6.15. The second-order valence-corrected chi connectivity index (χ2v) is 7.17. The van der Waals surface area contributed by atoms with E-state index >= 15 is 0 Å². The minimum absolute atomic E-state index is 0.133. The lowest BCUT2D eigenvalue weighted by Crippen LogP contribution is -2.11. The minimum atomic E-state index is -0.133. The van der Waals surface area contributed by atoms with E-state index in [0.29, 0.717) is 5.92 Å². The van der Waals surface area contributed by atoms with Crippen LogP contribution in [0.15, 0.2) is 51.4 Å². The van der Waals surface area contributed by atoms with Gasteiger partial charge in [-0.1, -0.05) is 66.0 Å². The fraction of sp³-hybridized carbons (Fsp3) is 0.250. The zero-order valence-corrected chi connectivity index (χ0v) is 15.5. The number of halogens is 4. The summed E-state index contributed by atoms with van der Waals surface area (Å²) in [6.07, 6.45) is 1.64. The van der Waals surface area contributed by atoms with Crippen LogP contribution in [0.25, 0.3) is 0 Å². The Balaban J connectivity index is 2.13. The van der Waals surface area contributed by atoms with Crippen molar-refractivity contribution in [1.29, 1.82) is 0 Å². The van der Waals surface area contributed by atoms with Crippen molar-refractivity contribution in [3.63, 3.8) is 0 Å². The molecule has 0 fully saturated rings. The highest BCUT2D eigenvalue weighted by Crippen LogP contribution is 2.25. The van der Waals surface area contributed by atoms with E-state index in [1.54, 1.807) is 6.07 Å². The summed E-state index contributed by atoms with van der Waals surface area (Å²) in [5.74, 6) is 0.226. The van der Waals surface area contributed by atoms with Gasteiger partial charge >= 0.3 is 0 Å². The lowest BCUT2D eigenvalue weighted by molar-refractivity contribution is 0.549. The molecule has 0 saturated carbocycles. The Bertz CT molecular complexity index is 584. The zero-order valence-electron chi connectivity index (χ0n) is 10.8. The van der Waals surface area contributed by atoms with Crippen molar-refractivity contribution in [1.82, 2.24) is 0 Å². The van der Waals surface area contributed by atoms with Gasteiger partial charge in [0.15, 0.2) is 0 Å². The van der Waals surface area contributed by atoms with Crippen molar-refractivity contribution in [2.75, 3.05) is 5.33 Å². The van der Waals surface area contributed by atoms with Crippen molar-refractivity contribution >= 4 is 47.8 Å². The van der Waals surface area contributed by atoms with Crippen molar-refractivity contribution in [2.24, 2.45) is 5.92 Å². The second kappa shape index (κ2) is 7.71. The molecule has 0 heterocycles. The molecule has 2 aromatic rings. The van der Waals surface area contributed by atoms with Gasteiger partial charge in [-0.15, -0.1) is 0 Å². The molecule has 0 aromatic heterocycles. The molecule has 0 aliphatic rings. The SMILES string of the molecule is Fc1ccc(Br)cc1CC(CBr)Cc1ccccc1Br. The lowest BCUT2D eigenvalue weighted by atomic mass is 9.94. The number of hydrogen-bond acceptors (Lipinski definition) is 0. The summed E-state index contributed by atoms with van der Waals surface area (Å²) in [4.78, 5) is 0. The van der Waals surface area contributed by atoms with Gasteiger partial charge in [-0.25, -0.2) is 4.39 Å². The highest BCUT2D eigenvalue weighted by atomic mass is 79.9. The van der Waals surface area contributed by atoms with E-state index in [0.717, 1.165) is 32.7 Å². The van der Waals surface area contributed by atoms with Crippen LogP contribution in [-0.2, 0) is 12.8 Å². The fourth-order valence-electron chi connectivity index (χ4n) is 2.17. The molecule has 20 heavy (non-hydrogen) atoms. The molecule has 0 saturated heterocycles. The van der Waals surface area contributed by atoms with Crippen molar-refractivity contribution in [3.05, 3.63) is 68.4 Å². The van der Waals surface area contributed by atoms with Crippen LogP contribution < -0.4 is 0 Å². The Hall–Kier alpha value is -0.190. The van der Waals surface area contributed by atoms with E-state index in [9.17, 15) is 4.39 Å². The third-order valence-corrected chi connectivity index (χ3v) is 5.38. The summed E-state index contributed by atoms with van der Waals surface area (Å²) >= 11 is 10.5. The second-order valence-electron chi connectivity index (χ2n) is 4.76. The largest absolute Gasteiger partial charge is 0.207 e. The molecule has 0 spiro atoms. The molecule has 0 amide bonds. The smallest absolute Gasteiger partial charge is 0.126 e. The normalized spacial score (nSPS) is 12.4. The maximum absolute atomic E-state index is 13.8. The molecule has 106 valence electrons. The van der Waals surface area contributed by atoms with Crippen molar-refractivity contribution in [2.45, 2.75) is 12.8 Å². The molecule has 0 bridgehead atoms. The molecule has 0 aliphatic carbocycles. The van der Waals surface area contributed by atoms with Crippen LogP contribution in [0.5, 0.6) is 0 Å². The van der Waals surface area contributed by atoms with Gasteiger partial charge in [0.25, 0.3) is 0 Å². The molecule has 2 rings (SSSR count). The molecule has 1 unspecified atom stereocenters. The highest BCUT2D eigenvalue weighted by Gasteiger charge is 2.14. The molecule has 2 aromatic carbocycles. The maximum atomic E-state index is 13.8. The summed E-state index contributed by atoms with van der Waals surface area (Å²) in [6.45, 7) is 0. The first-order valence-electron chi connectivity index (χ1n) is 6.33. The third-order valence-electron chi connectivity index (χ3n) is 3.20. The van der Waals surface area contributed by atoms with Gasteiger partial charge in [0.2, 0.25) is 0 Å². The summed E-state index contributed by atoms with van der Waals surface area (Å²) in [6, 6.07) is 13.3. The van der Waals surface area contributed by atoms with Gasteiger partial charge in [-0.2, -0.15) is 0 Å². The monoisotopic (exact) mass is 462 g/mol. The van der Waals surface area contributed by atoms with Crippen LogP contribution >= 0.6 is 47.8 Å². The molecule has 0 nitrogen and oxygen atoms in total. The summed E-state index contributed by atoms with van der Waals surface area (Å²) in [5.41, 5.74) is 2.02. The van der Waals surface area contributed by atoms with Gasteiger partial charge < -0.3 is 0 Å². The van der Waals surface area contributed by atoms with Gasteiger partial charge in [0.1, 0.15) is 5.82 Å². The van der Waals surface area contributed by atoms with Gasteiger partial charge in [0, 0.05) is 14.3 Å². The van der Waals surface area contributed by atoms with Gasteiger partial charge in [-0.3, -0.25) is 0 Å². The van der Waals surface area contributed by atoms with Crippen LogP contribution in [0.3, 0.4) is 0 Å². The van der Waals surface area contributed by atoms with E-state index in [2.05, 4.69) is 53.9 Å². The Kier molecular flexibility index (Phi) is 6.24. The van der Waals surface area contributed by atoms with Crippen LogP contribution in [0.2, 0.25) is 0 Å². The standard InChI is InChI=1S/C16H14Br3F/c17-10-11(7-12-3-1-2-4-15(12)19)8-13-9-14(18)5-6-16(13)20/h1-6,9,11H,7-8,10H2. The summed E-state index contributed by atoms with van der Waals surface area (Å²) in [5, 5.41) is 0.848. The van der Waals surface area contributed by atoms with Crippen molar-refractivity contribution < 1.29 is 4.39 Å². The molecule has 0 aliphatic heterocycles. The molecular weight excluding hydrogens is 451 g/mol. The summed E-state index contributed by atoms with van der Waals surface area (Å²) < 4.78 is 15.9. The maximum Gasteiger partial charge on any atom is 0.126 e. The number of alkyl halides is 1. The summed E-state index contributed by atoms with van der Waals surface area (Å²) in [7, 11) is 0. The number of benzene rings is 2. The fourth-order valence-corrected chi connectivity index (χ4v) is 3.48. The lowest BCUT2D eigenvalue weighted by Gasteiger charge is -2.16. The Morgan fingerprint density at radius 3 is 2.35 bits per heavy atom. The highest BCUT2D eigenvalue weighted by molar-refractivity contribution is 9.10. The number of rotatable bonds is 5. The third kappa shape index (κ3) is 4.40. The molecular formula is C16H14Br3F. The topological polar surface area (TPSA) is 0 Å². The van der Waals surface area contributed by atoms with Crippen LogP contribution in [-0.4, -0.2) is 5.33 Å². The van der Waals surface area contributed by atoms with E-state index < -0.39 is 0 Å². The quantitative estimate of drug-likeness (QED) is 0.466. The van der Waals surface area contributed by atoms with Crippen molar-refractivity contribution in [3.8, 4) is 0 Å². The Labute approximate surface area is 144 Å². The average Bonchev–Trinajstić information content (AvgIpc) is 2.44. The Morgan fingerprint density at radius 1 is 0.950 bits per heavy atom. The van der Waals surface area contributed by atoms with E-state index in [-0.39, 0.29) is 5.82 Å². The molecule has 0 radical (unpaired) electrons. The van der Waals surface area contributed by atoms with Crippen LogP contribution in [0.4, 0.5) is 4.39 Å². The first-order chi connectivity index (χ1) is 9.60. The van der Waals surface area contributed by atoms with Gasteiger partial charge in [0.05, 0.1) is 0 Å². The average molecular weight is 465 g/mol.